The van der Waals surface area contributed by atoms with Crippen LogP contribution in [0.3, 0.4) is 0 Å². The Morgan fingerprint density at radius 2 is 1.89 bits per heavy atom. The maximum absolute atomic E-state index is 6.39. The summed E-state index contributed by atoms with van der Waals surface area (Å²) in [5.41, 5.74) is 10.2. The molecule has 1 aliphatic rings. The van der Waals surface area contributed by atoms with Crippen LogP contribution in [0.5, 0.6) is 0 Å². The fraction of sp³-hybridized carbons (Fsp3) is 0.625. The zero-order valence-electron chi connectivity index (χ0n) is 12.5. The molecule has 0 aromatic heterocycles. The summed E-state index contributed by atoms with van der Waals surface area (Å²) in [5.74, 6) is 0. The van der Waals surface area contributed by atoms with Crippen LogP contribution in [-0.2, 0) is 4.74 Å². The summed E-state index contributed by atoms with van der Waals surface area (Å²) in [7, 11) is 0. The van der Waals surface area contributed by atoms with E-state index in [0.717, 1.165) is 19.7 Å². The molecule has 0 bridgehead atoms. The Hall–Kier alpha value is -0.900. The van der Waals surface area contributed by atoms with Gasteiger partial charge in [-0.05, 0) is 33.3 Å². The third kappa shape index (κ3) is 3.78. The van der Waals surface area contributed by atoms with Crippen molar-refractivity contribution < 1.29 is 4.74 Å². The highest BCUT2D eigenvalue weighted by molar-refractivity contribution is 5.30. The smallest absolute Gasteiger partial charge is 0.0674 e. The van der Waals surface area contributed by atoms with Crippen molar-refractivity contribution in [1.29, 1.82) is 0 Å². The molecule has 0 aliphatic carbocycles. The number of hydrogen-bond acceptors (Lipinski definition) is 3. The van der Waals surface area contributed by atoms with Crippen molar-refractivity contribution in [3.8, 4) is 0 Å². The number of nitrogens with two attached hydrogens (primary N) is 1. The van der Waals surface area contributed by atoms with Crippen LogP contribution in [-0.4, -0.2) is 36.7 Å². The average Bonchev–Trinajstić information content (AvgIpc) is 2.32. The second-order valence-electron chi connectivity index (χ2n) is 5.97. The van der Waals surface area contributed by atoms with Gasteiger partial charge in [0.05, 0.1) is 12.7 Å². The number of rotatable bonds is 3. The number of nitrogens with zero attached hydrogens (tertiary/aromatic N) is 1. The number of aryl methyl sites for hydroxylation is 2. The Labute approximate surface area is 116 Å². The molecular weight excluding hydrogens is 236 g/mol. The van der Waals surface area contributed by atoms with Crippen LogP contribution in [0, 0.1) is 13.8 Å². The number of ether oxygens (including phenoxy) is 1. The lowest BCUT2D eigenvalue weighted by Crippen LogP contribution is -2.49. The third-order valence-electron chi connectivity index (χ3n) is 3.84. The van der Waals surface area contributed by atoms with Crippen molar-refractivity contribution in [2.45, 2.75) is 45.9 Å². The summed E-state index contributed by atoms with van der Waals surface area (Å²) in [4.78, 5) is 2.44. The minimum absolute atomic E-state index is 0.0753. The molecule has 0 spiro atoms. The molecule has 1 heterocycles. The number of benzene rings is 1. The van der Waals surface area contributed by atoms with Crippen molar-refractivity contribution in [3.63, 3.8) is 0 Å². The van der Waals surface area contributed by atoms with Crippen LogP contribution in [0.15, 0.2) is 18.2 Å². The second kappa shape index (κ2) is 6.04. The maximum atomic E-state index is 6.39. The van der Waals surface area contributed by atoms with Crippen molar-refractivity contribution in [2.75, 3.05) is 19.7 Å². The molecule has 0 saturated carbocycles. The predicted molar refractivity (Wildman–Crippen MR) is 79.3 cm³/mol. The monoisotopic (exact) mass is 262 g/mol. The molecule has 1 aliphatic heterocycles. The van der Waals surface area contributed by atoms with Crippen LogP contribution in [0.2, 0.25) is 0 Å². The van der Waals surface area contributed by atoms with Gasteiger partial charge in [-0.3, -0.25) is 4.90 Å². The lowest BCUT2D eigenvalue weighted by molar-refractivity contribution is -0.0510. The highest BCUT2D eigenvalue weighted by Crippen LogP contribution is 2.19. The molecule has 3 unspecified atom stereocenters. The fourth-order valence-electron chi connectivity index (χ4n) is 2.81. The molecule has 3 atom stereocenters. The summed E-state index contributed by atoms with van der Waals surface area (Å²) in [6, 6.07) is 7.12. The van der Waals surface area contributed by atoms with E-state index in [1.165, 1.54) is 16.7 Å². The molecule has 2 rings (SSSR count). The Morgan fingerprint density at radius 3 is 2.53 bits per heavy atom. The Balaban J connectivity index is 2.05. The standard InChI is InChI=1S/C16H26N2O/c1-11-5-12(2)7-15(6-11)16(17)9-18-8-14(4)19-10-13(18)3/h5-7,13-14,16H,8-10,17H2,1-4H3. The largest absolute Gasteiger partial charge is 0.376 e. The van der Waals surface area contributed by atoms with Gasteiger partial charge in [0.2, 0.25) is 0 Å². The number of hydrogen-bond donors (Lipinski definition) is 1. The minimum atomic E-state index is 0.0753. The number of morpholine rings is 1. The molecule has 1 aromatic rings. The Bertz CT molecular complexity index is 413. The van der Waals surface area contributed by atoms with E-state index in [2.05, 4.69) is 50.8 Å². The lowest BCUT2D eigenvalue weighted by Gasteiger charge is -2.38. The van der Waals surface area contributed by atoms with Gasteiger partial charge in [-0.2, -0.15) is 0 Å². The van der Waals surface area contributed by atoms with Crippen molar-refractivity contribution in [3.05, 3.63) is 34.9 Å². The predicted octanol–water partition coefficient (Wildman–Crippen LogP) is 2.41. The first-order valence-corrected chi connectivity index (χ1v) is 7.15. The van der Waals surface area contributed by atoms with Crippen LogP contribution in [0.25, 0.3) is 0 Å². The zero-order chi connectivity index (χ0) is 14.0. The van der Waals surface area contributed by atoms with Gasteiger partial charge in [0.25, 0.3) is 0 Å². The van der Waals surface area contributed by atoms with E-state index in [0.29, 0.717) is 12.1 Å². The summed E-state index contributed by atoms with van der Waals surface area (Å²) < 4.78 is 5.66. The maximum Gasteiger partial charge on any atom is 0.0674 e. The summed E-state index contributed by atoms with van der Waals surface area (Å²) in [5, 5.41) is 0. The van der Waals surface area contributed by atoms with E-state index < -0.39 is 0 Å². The van der Waals surface area contributed by atoms with E-state index in [4.69, 9.17) is 10.5 Å². The zero-order valence-corrected chi connectivity index (χ0v) is 12.5. The molecule has 3 nitrogen and oxygen atoms in total. The van der Waals surface area contributed by atoms with E-state index in [-0.39, 0.29) is 6.04 Å². The molecular formula is C16H26N2O. The van der Waals surface area contributed by atoms with Crippen LogP contribution < -0.4 is 5.73 Å². The first-order valence-electron chi connectivity index (χ1n) is 7.15. The Morgan fingerprint density at radius 1 is 1.26 bits per heavy atom. The van der Waals surface area contributed by atoms with Gasteiger partial charge < -0.3 is 10.5 Å². The first-order chi connectivity index (χ1) is 8.95. The van der Waals surface area contributed by atoms with Crippen LogP contribution in [0.4, 0.5) is 0 Å². The van der Waals surface area contributed by atoms with Gasteiger partial charge in [-0.1, -0.05) is 29.3 Å². The van der Waals surface area contributed by atoms with Crippen LogP contribution >= 0.6 is 0 Å². The van der Waals surface area contributed by atoms with Gasteiger partial charge in [0, 0.05) is 25.2 Å². The SMILES string of the molecule is Cc1cc(C)cc(C(N)CN2CC(C)OCC2C)c1. The van der Waals surface area contributed by atoms with Crippen molar-refractivity contribution in [2.24, 2.45) is 5.73 Å². The van der Waals surface area contributed by atoms with E-state index in [9.17, 15) is 0 Å². The molecule has 1 saturated heterocycles. The fourth-order valence-corrected chi connectivity index (χ4v) is 2.81. The molecule has 0 radical (unpaired) electrons. The molecule has 1 aromatic carbocycles. The molecule has 106 valence electrons. The highest BCUT2D eigenvalue weighted by atomic mass is 16.5. The molecule has 19 heavy (non-hydrogen) atoms. The first kappa shape index (κ1) is 14.5. The van der Waals surface area contributed by atoms with Gasteiger partial charge in [0.15, 0.2) is 0 Å². The van der Waals surface area contributed by atoms with Gasteiger partial charge in [-0.15, -0.1) is 0 Å². The van der Waals surface area contributed by atoms with Gasteiger partial charge >= 0.3 is 0 Å². The van der Waals surface area contributed by atoms with E-state index in [1.54, 1.807) is 0 Å². The quantitative estimate of drug-likeness (QED) is 0.909. The topological polar surface area (TPSA) is 38.5 Å². The summed E-state index contributed by atoms with van der Waals surface area (Å²) in [6.07, 6.45) is 0.308. The van der Waals surface area contributed by atoms with E-state index in [1.807, 2.05) is 0 Å². The minimum Gasteiger partial charge on any atom is -0.376 e. The normalized spacial score (nSPS) is 26.4. The average molecular weight is 262 g/mol. The third-order valence-corrected chi connectivity index (χ3v) is 3.84. The summed E-state index contributed by atoms with van der Waals surface area (Å²) in [6.45, 7) is 11.3. The molecule has 1 fully saturated rings. The molecule has 3 heteroatoms. The van der Waals surface area contributed by atoms with Crippen molar-refractivity contribution >= 4 is 0 Å². The van der Waals surface area contributed by atoms with Crippen molar-refractivity contribution in [1.82, 2.24) is 4.90 Å². The highest BCUT2D eigenvalue weighted by Gasteiger charge is 2.25. The van der Waals surface area contributed by atoms with Crippen LogP contribution in [0.1, 0.15) is 36.6 Å². The lowest BCUT2D eigenvalue weighted by atomic mass is 10.0. The second-order valence-corrected chi connectivity index (χ2v) is 5.97. The Kier molecular flexibility index (Phi) is 4.61. The molecule has 2 N–H and O–H groups in total. The van der Waals surface area contributed by atoms with E-state index >= 15 is 0 Å². The van der Waals surface area contributed by atoms with Gasteiger partial charge in [0.1, 0.15) is 0 Å². The summed E-state index contributed by atoms with van der Waals surface area (Å²) >= 11 is 0. The van der Waals surface area contributed by atoms with Gasteiger partial charge in [-0.25, -0.2) is 0 Å². The molecule has 0 amide bonds.